The topological polar surface area (TPSA) is 43.2 Å². The van der Waals surface area contributed by atoms with Crippen LogP contribution in [0.5, 0.6) is 0 Å². The van der Waals surface area contributed by atoms with Crippen LogP contribution in [0.25, 0.3) is 11.0 Å². The Bertz CT molecular complexity index is 951. The summed E-state index contributed by atoms with van der Waals surface area (Å²) < 4.78 is 9.22. The summed E-state index contributed by atoms with van der Waals surface area (Å²) in [6.07, 6.45) is 1.65. The number of anilines is 1. The fraction of sp³-hybridized carbons (Fsp3) is 0.429. The lowest BCUT2D eigenvalue weighted by Gasteiger charge is -2.19. The normalized spacial score (nSPS) is 11.9. The van der Waals surface area contributed by atoms with Crippen molar-refractivity contribution in [1.29, 1.82) is 0 Å². The quantitative estimate of drug-likeness (QED) is 0.236. The summed E-state index contributed by atoms with van der Waals surface area (Å²) in [5, 5.41) is 1.07. The van der Waals surface area contributed by atoms with Crippen molar-refractivity contribution in [2.75, 3.05) is 18.6 Å². The van der Waals surface area contributed by atoms with Gasteiger partial charge < -0.3 is 9.64 Å². The number of benzene rings is 1. The standard InChI is InChI=1S/C21H29IN4OSi/c1-16-7-6-8-17(11-16)13-25(2)20-18-12-19(22)26(21(18)24-14-23-20)15-27-9-10-28(3,4)5/h6-8,11-12,14H,9-10,13,15H2,1-5H3. The van der Waals surface area contributed by atoms with E-state index in [4.69, 9.17) is 4.74 Å². The van der Waals surface area contributed by atoms with Crippen LogP contribution in [0.15, 0.2) is 36.7 Å². The number of hydrogen-bond acceptors (Lipinski definition) is 4. The summed E-state index contributed by atoms with van der Waals surface area (Å²) in [5.41, 5.74) is 3.48. The first-order chi connectivity index (χ1) is 13.2. The van der Waals surface area contributed by atoms with Crippen molar-refractivity contribution in [3.8, 4) is 0 Å². The lowest BCUT2D eigenvalue weighted by atomic mass is 10.1. The zero-order chi connectivity index (χ0) is 20.3. The largest absolute Gasteiger partial charge is 0.361 e. The predicted molar refractivity (Wildman–Crippen MR) is 128 cm³/mol. The molecule has 7 heteroatoms. The Morgan fingerprint density at radius 2 is 1.96 bits per heavy atom. The van der Waals surface area contributed by atoms with Crippen molar-refractivity contribution < 1.29 is 4.74 Å². The van der Waals surface area contributed by atoms with Gasteiger partial charge in [0.25, 0.3) is 0 Å². The second-order valence-electron chi connectivity index (χ2n) is 8.52. The molecule has 3 aromatic rings. The first kappa shape index (κ1) is 21.3. The fourth-order valence-electron chi connectivity index (χ4n) is 3.14. The van der Waals surface area contributed by atoms with Gasteiger partial charge in [-0.3, -0.25) is 4.57 Å². The number of fused-ring (bicyclic) bond motifs is 1. The van der Waals surface area contributed by atoms with Crippen molar-refractivity contribution in [2.24, 2.45) is 0 Å². The van der Waals surface area contributed by atoms with E-state index < -0.39 is 8.07 Å². The Labute approximate surface area is 182 Å². The number of rotatable bonds is 8. The minimum Gasteiger partial charge on any atom is -0.361 e. The molecule has 150 valence electrons. The highest BCUT2D eigenvalue weighted by Gasteiger charge is 2.16. The van der Waals surface area contributed by atoms with Crippen molar-refractivity contribution in [3.63, 3.8) is 0 Å². The SMILES string of the molecule is Cc1cccc(CN(C)c2ncnc3c2cc(I)n3COCC[Si](C)(C)C)c1. The molecule has 0 aliphatic heterocycles. The van der Waals surface area contributed by atoms with Crippen LogP contribution >= 0.6 is 22.6 Å². The van der Waals surface area contributed by atoms with Gasteiger partial charge in [-0.25, -0.2) is 9.97 Å². The lowest BCUT2D eigenvalue weighted by Crippen LogP contribution is -2.22. The Kier molecular flexibility index (Phi) is 6.77. The Morgan fingerprint density at radius 1 is 1.18 bits per heavy atom. The second-order valence-corrected chi connectivity index (χ2v) is 15.2. The molecule has 0 amide bonds. The van der Waals surface area contributed by atoms with E-state index in [-0.39, 0.29) is 0 Å². The van der Waals surface area contributed by atoms with E-state index in [2.05, 4.69) is 106 Å². The van der Waals surface area contributed by atoms with E-state index in [0.717, 1.165) is 33.7 Å². The van der Waals surface area contributed by atoms with Crippen LogP contribution in [-0.4, -0.2) is 36.3 Å². The van der Waals surface area contributed by atoms with E-state index in [1.54, 1.807) is 6.33 Å². The summed E-state index contributed by atoms with van der Waals surface area (Å²) in [5.74, 6) is 0.949. The molecular formula is C21H29IN4OSi. The summed E-state index contributed by atoms with van der Waals surface area (Å²) in [6, 6.07) is 11.9. The highest BCUT2D eigenvalue weighted by atomic mass is 127. The van der Waals surface area contributed by atoms with Crippen LogP contribution < -0.4 is 4.90 Å². The number of nitrogens with zero attached hydrogens (tertiary/aromatic N) is 4. The van der Waals surface area contributed by atoms with Crippen molar-refractivity contribution in [1.82, 2.24) is 14.5 Å². The third kappa shape index (κ3) is 5.33. The molecular weight excluding hydrogens is 479 g/mol. The van der Waals surface area contributed by atoms with Gasteiger partial charge in [0, 0.05) is 28.3 Å². The molecule has 0 unspecified atom stereocenters. The average molecular weight is 508 g/mol. The van der Waals surface area contributed by atoms with E-state index >= 15 is 0 Å². The molecule has 0 bridgehead atoms. The number of ether oxygens (including phenoxy) is 1. The summed E-state index contributed by atoms with van der Waals surface area (Å²) in [6.45, 7) is 11.4. The molecule has 0 saturated carbocycles. The molecule has 0 radical (unpaired) electrons. The minimum absolute atomic E-state index is 0.532. The van der Waals surface area contributed by atoms with E-state index in [1.807, 2.05) is 0 Å². The van der Waals surface area contributed by atoms with Gasteiger partial charge in [0.1, 0.15) is 24.5 Å². The van der Waals surface area contributed by atoms with Gasteiger partial charge >= 0.3 is 0 Å². The summed E-state index contributed by atoms with van der Waals surface area (Å²) in [4.78, 5) is 11.3. The Balaban J connectivity index is 1.79. The molecule has 0 atom stereocenters. The molecule has 0 N–H and O–H groups in total. The molecule has 0 fully saturated rings. The van der Waals surface area contributed by atoms with Crippen LogP contribution in [0.4, 0.5) is 5.82 Å². The van der Waals surface area contributed by atoms with Gasteiger partial charge in [-0.1, -0.05) is 49.5 Å². The molecule has 5 nitrogen and oxygen atoms in total. The highest BCUT2D eigenvalue weighted by Crippen LogP contribution is 2.27. The second kappa shape index (κ2) is 8.92. The van der Waals surface area contributed by atoms with Gasteiger partial charge in [0.05, 0.1) is 9.09 Å². The van der Waals surface area contributed by atoms with Gasteiger partial charge in [0.15, 0.2) is 0 Å². The number of aromatic nitrogens is 3. The van der Waals surface area contributed by atoms with Crippen LogP contribution in [0.3, 0.4) is 0 Å². The predicted octanol–water partition coefficient (Wildman–Crippen LogP) is 5.29. The fourth-order valence-corrected chi connectivity index (χ4v) is 4.58. The third-order valence-corrected chi connectivity index (χ3v) is 7.30. The third-order valence-electron chi connectivity index (χ3n) is 4.70. The molecule has 0 saturated heterocycles. The van der Waals surface area contributed by atoms with E-state index in [9.17, 15) is 0 Å². The molecule has 1 aromatic carbocycles. The van der Waals surface area contributed by atoms with Crippen LogP contribution in [0.2, 0.25) is 25.7 Å². The monoisotopic (exact) mass is 508 g/mol. The maximum Gasteiger partial charge on any atom is 0.148 e. The van der Waals surface area contributed by atoms with Crippen LogP contribution in [0, 0.1) is 10.6 Å². The van der Waals surface area contributed by atoms with Gasteiger partial charge in [-0.2, -0.15) is 0 Å². The zero-order valence-electron chi connectivity index (χ0n) is 17.4. The van der Waals surface area contributed by atoms with Gasteiger partial charge in [-0.05, 0) is 47.2 Å². The molecule has 2 aromatic heterocycles. The molecule has 3 rings (SSSR count). The molecule has 0 spiro atoms. The van der Waals surface area contributed by atoms with Crippen LogP contribution in [-0.2, 0) is 18.0 Å². The van der Waals surface area contributed by atoms with Crippen molar-refractivity contribution in [2.45, 2.75) is 45.9 Å². The maximum absolute atomic E-state index is 5.97. The van der Waals surface area contributed by atoms with Crippen LogP contribution in [0.1, 0.15) is 11.1 Å². The van der Waals surface area contributed by atoms with E-state index in [1.165, 1.54) is 17.2 Å². The first-order valence-electron chi connectivity index (χ1n) is 9.59. The molecule has 0 aliphatic rings. The summed E-state index contributed by atoms with van der Waals surface area (Å²) >= 11 is 2.35. The highest BCUT2D eigenvalue weighted by molar-refractivity contribution is 14.1. The molecule has 0 aliphatic carbocycles. The Morgan fingerprint density at radius 3 is 2.68 bits per heavy atom. The number of aryl methyl sites for hydroxylation is 1. The molecule has 28 heavy (non-hydrogen) atoms. The summed E-state index contributed by atoms with van der Waals surface area (Å²) in [7, 11) is 1.00. The Hall–Kier alpha value is -1.45. The number of hydrogen-bond donors (Lipinski definition) is 0. The molecule has 2 heterocycles. The maximum atomic E-state index is 5.97. The minimum atomic E-state index is -1.08. The first-order valence-corrected chi connectivity index (χ1v) is 14.4. The smallest absolute Gasteiger partial charge is 0.148 e. The van der Waals surface area contributed by atoms with Gasteiger partial charge in [0.2, 0.25) is 0 Å². The van der Waals surface area contributed by atoms with Crippen molar-refractivity contribution in [3.05, 3.63) is 51.5 Å². The lowest BCUT2D eigenvalue weighted by molar-refractivity contribution is 0.0883. The average Bonchev–Trinajstić information content (AvgIpc) is 2.93. The number of halogens is 1. The van der Waals surface area contributed by atoms with E-state index in [0.29, 0.717) is 6.73 Å². The zero-order valence-corrected chi connectivity index (χ0v) is 20.5. The van der Waals surface area contributed by atoms with Crippen molar-refractivity contribution >= 4 is 47.5 Å². The van der Waals surface area contributed by atoms with Gasteiger partial charge in [-0.15, -0.1) is 0 Å².